The molecule has 0 saturated carbocycles. The molecule has 3 heteroatoms. The molecule has 0 aliphatic carbocycles. The van der Waals surface area contributed by atoms with Crippen molar-refractivity contribution < 1.29 is 0 Å². The normalized spacial score (nSPS) is 21.3. The molecule has 9 heavy (non-hydrogen) atoms. The van der Waals surface area contributed by atoms with Crippen LogP contribution in [-0.2, 0) is 0 Å². The molecule has 0 aromatic rings. The van der Waals surface area contributed by atoms with Gasteiger partial charge in [-0.05, 0) is 0 Å². The van der Waals surface area contributed by atoms with Crippen molar-refractivity contribution in [2.45, 2.75) is 0 Å². The molecule has 0 aromatic heterocycles. The van der Waals surface area contributed by atoms with Crippen LogP contribution in [0.5, 0.6) is 0 Å². The second-order valence-electron chi connectivity index (χ2n) is 1.73. The average Bonchev–Trinajstić information content (AvgIpc) is 2.00. The molecule has 1 radical (unpaired) electrons. The van der Waals surface area contributed by atoms with Gasteiger partial charge >= 0.3 is 56.9 Å². The average molecular weight is 111 g/mol. The predicted octanol–water partition coefficient (Wildman–Crippen LogP) is 0.526. The van der Waals surface area contributed by atoms with Crippen molar-refractivity contribution in [1.82, 2.24) is 0 Å². The van der Waals surface area contributed by atoms with E-state index in [0.717, 1.165) is 0 Å². The van der Waals surface area contributed by atoms with Crippen LogP contribution < -0.4 is 0 Å². The molecule has 0 saturated heterocycles. The quantitative estimate of drug-likeness (QED) is 0.399. The maximum absolute atomic E-state index is 2.00. The fourth-order valence-electron chi connectivity index (χ4n) is 0.577. The van der Waals surface area contributed by atoms with Crippen LogP contribution in [-0.4, -0.2) is 20.7 Å². The summed E-state index contributed by atoms with van der Waals surface area (Å²) in [6.45, 7) is 4.00. The fourth-order valence-corrected chi connectivity index (χ4v) is 0.577. The van der Waals surface area contributed by atoms with Gasteiger partial charge in [-0.2, -0.15) is 0 Å². The van der Waals surface area contributed by atoms with E-state index in [0.29, 0.717) is 0 Å². The fraction of sp³-hybridized carbons (Fsp3) is 0. The van der Waals surface area contributed by atoms with Gasteiger partial charge in [-0.3, -0.25) is 0 Å². The van der Waals surface area contributed by atoms with Gasteiger partial charge in [0.2, 0.25) is 0 Å². The van der Waals surface area contributed by atoms with Crippen LogP contribution in [0.15, 0.2) is 36.3 Å². The van der Waals surface area contributed by atoms with Crippen molar-refractivity contribution in [2.75, 3.05) is 0 Å². The second kappa shape index (κ2) is 4.31. The Morgan fingerprint density at radius 1 is 0.778 bits per heavy atom. The first-order chi connectivity index (χ1) is 4.50. The van der Waals surface area contributed by atoms with Crippen molar-refractivity contribution in [3.8, 4) is 0 Å². The van der Waals surface area contributed by atoms with Crippen molar-refractivity contribution in [3.63, 3.8) is 0 Å². The predicted molar refractivity (Wildman–Crippen MR) is 44.7 cm³/mol. The molecule has 0 aromatic carbocycles. The molecule has 0 bridgehead atoms. The standard InChI is InChI=1S/C6H6B3/c1-2-4-6-8-9-7-5-3-1/h1-6H/b2-1-,5-3-,6-4?. The minimum atomic E-state index is 2.00. The van der Waals surface area contributed by atoms with E-state index in [4.69, 9.17) is 0 Å². The van der Waals surface area contributed by atoms with Crippen molar-refractivity contribution in [3.05, 3.63) is 36.3 Å². The van der Waals surface area contributed by atoms with Crippen LogP contribution in [0.1, 0.15) is 0 Å². The molecule has 0 nitrogen and oxygen atoms in total. The summed E-state index contributed by atoms with van der Waals surface area (Å²) in [4.78, 5) is 0. The van der Waals surface area contributed by atoms with E-state index in [1.54, 1.807) is 0 Å². The van der Waals surface area contributed by atoms with Crippen LogP contribution in [0, 0.1) is 0 Å². The zero-order valence-corrected chi connectivity index (χ0v) is 5.20. The van der Waals surface area contributed by atoms with E-state index in [1.165, 1.54) is 0 Å². The number of hydrogen-bond acceptors (Lipinski definition) is 0. The van der Waals surface area contributed by atoms with Gasteiger partial charge in [-0.1, -0.05) is 0 Å². The van der Waals surface area contributed by atoms with Gasteiger partial charge in [0.1, 0.15) is 0 Å². The van der Waals surface area contributed by atoms with Crippen LogP contribution in [0.3, 0.4) is 0 Å². The molecule has 1 aliphatic heterocycles. The summed E-state index contributed by atoms with van der Waals surface area (Å²) in [5, 5.41) is 0. The Bertz CT molecular complexity index is 157. The summed E-state index contributed by atoms with van der Waals surface area (Å²) in [6, 6.07) is 0. The number of allylic oxidation sites excluding steroid dienone is 4. The molecular formula is C6H6B3. The summed E-state index contributed by atoms with van der Waals surface area (Å²) in [5.74, 6) is 4.00. The molecule has 0 N–H and O–H groups in total. The van der Waals surface area contributed by atoms with Gasteiger partial charge in [0.05, 0.1) is 0 Å². The number of hydrogen-bond donors (Lipinski definition) is 0. The summed E-state index contributed by atoms with van der Waals surface area (Å²) in [6.07, 6.45) is 8.00. The zero-order valence-electron chi connectivity index (χ0n) is 5.20. The van der Waals surface area contributed by atoms with E-state index in [-0.39, 0.29) is 0 Å². The molecule has 0 spiro atoms. The van der Waals surface area contributed by atoms with E-state index in [9.17, 15) is 0 Å². The third-order valence-electron chi connectivity index (χ3n) is 1.00. The molecular weight excluding hydrogens is 105 g/mol. The van der Waals surface area contributed by atoms with Gasteiger partial charge in [0, 0.05) is 0 Å². The van der Waals surface area contributed by atoms with E-state index >= 15 is 0 Å². The van der Waals surface area contributed by atoms with Gasteiger partial charge < -0.3 is 0 Å². The van der Waals surface area contributed by atoms with E-state index in [1.807, 2.05) is 56.9 Å². The molecule has 39 valence electrons. The summed E-state index contributed by atoms with van der Waals surface area (Å²) in [5.41, 5.74) is 0. The zero-order chi connectivity index (χ0) is 6.36. The Balaban J connectivity index is 2.60. The summed E-state index contributed by atoms with van der Waals surface area (Å²) < 4.78 is 0. The van der Waals surface area contributed by atoms with Crippen LogP contribution in [0.2, 0.25) is 0 Å². The molecule has 0 unspecified atom stereocenters. The van der Waals surface area contributed by atoms with Gasteiger partial charge in [0.15, 0.2) is 0 Å². The SMILES string of the molecule is [B]1B=B/C=C\C=C/C=C1. The van der Waals surface area contributed by atoms with Gasteiger partial charge in [-0.15, -0.1) is 0 Å². The molecule has 0 amide bonds. The molecule has 1 aliphatic rings. The Kier molecular flexibility index (Phi) is 3.13. The molecule has 0 fully saturated rings. The van der Waals surface area contributed by atoms with Gasteiger partial charge in [0.25, 0.3) is 0 Å². The molecule has 1 rings (SSSR count). The van der Waals surface area contributed by atoms with Crippen LogP contribution in [0.4, 0.5) is 0 Å². The third kappa shape index (κ3) is 3.07. The van der Waals surface area contributed by atoms with E-state index < -0.39 is 0 Å². The Morgan fingerprint density at radius 3 is 2.44 bits per heavy atom. The summed E-state index contributed by atoms with van der Waals surface area (Å²) >= 11 is 0. The van der Waals surface area contributed by atoms with Crippen molar-refractivity contribution >= 4 is 20.7 Å². The first kappa shape index (κ1) is 6.53. The summed E-state index contributed by atoms with van der Waals surface area (Å²) in [7, 11) is 2.00. The van der Waals surface area contributed by atoms with Crippen LogP contribution >= 0.6 is 0 Å². The van der Waals surface area contributed by atoms with Crippen LogP contribution in [0.25, 0.3) is 0 Å². The topological polar surface area (TPSA) is 0 Å². The molecule has 1 heterocycles. The van der Waals surface area contributed by atoms with Gasteiger partial charge in [-0.25, -0.2) is 0 Å². The minimum absolute atomic E-state index is 2.00. The monoisotopic (exact) mass is 111 g/mol. The molecule has 0 atom stereocenters. The first-order valence-electron chi connectivity index (χ1n) is 3.00. The second-order valence-corrected chi connectivity index (χ2v) is 1.73. The van der Waals surface area contributed by atoms with Crippen molar-refractivity contribution in [2.24, 2.45) is 0 Å². The van der Waals surface area contributed by atoms with E-state index in [2.05, 4.69) is 0 Å². The Morgan fingerprint density at radius 2 is 1.56 bits per heavy atom. The van der Waals surface area contributed by atoms with Crippen molar-refractivity contribution in [1.29, 1.82) is 0 Å². The maximum atomic E-state index is 2.00. The Hall–Kier alpha value is -0.585. The first-order valence-corrected chi connectivity index (χ1v) is 3.00. The third-order valence-corrected chi connectivity index (χ3v) is 1.00. The number of rotatable bonds is 0. The Labute approximate surface area is 57.7 Å².